The van der Waals surface area contributed by atoms with Crippen LogP contribution in [0.25, 0.3) is 0 Å². The summed E-state index contributed by atoms with van der Waals surface area (Å²) in [5, 5.41) is 9.11. The minimum Gasteiger partial charge on any atom is -0.495 e. The zero-order valence-electron chi connectivity index (χ0n) is 11.3. The number of carboxylic acids is 1. The Morgan fingerprint density at radius 1 is 1.45 bits per heavy atom. The van der Waals surface area contributed by atoms with Crippen LogP contribution in [0.15, 0.2) is 23.1 Å². The van der Waals surface area contributed by atoms with E-state index in [1.807, 2.05) is 0 Å². The third-order valence-electron chi connectivity index (χ3n) is 2.60. The maximum atomic E-state index is 12.5. The van der Waals surface area contributed by atoms with Gasteiger partial charge in [0, 0.05) is 12.1 Å². The number of sulfonamides is 1. The molecule has 0 radical (unpaired) electrons. The predicted octanol–water partition coefficient (Wildman–Crippen LogP) is 1.83. The lowest BCUT2D eigenvalue weighted by atomic mass is 10.3. The van der Waals surface area contributed by atoms with Gasteiger partial charge in [-0.15, -0.1) is 0 Å². The van der Waals surface area contributed by atoms with Gasteiger partial charge in [0.15, 0.2) is 0 Å². The van der Waals surface area contributed by atoms with Gasteiger partial charge in [0.2, 0.25) is 10.0 Å². The Balaban J connectivity index is 3.29. The van der Waals surface area contributed by atoms with Crippen molar-refractivity contribution in [2.75, 3.05) is 13.7 Å². The van der Waals surface area contributed by atoms with Crippen LogP contribution in [0.3, 0.4) is 0 Å². The van der Waals surface area contributed by atoms with Crippen molar-refractivity contribution in [1.82, 2.24) is 4.31 Å². The number of halogens is 1. The molecule has 0 spiro atoms. The summed E-state index contributed by atoms with van der Waals surface area (Å²) in [6, 6.07) is 3.50. The van der Waals surface area contributed by atoms with Crippen molar-refractivity contribution < 1.29 is 23.1 Å². The summed E-state index contributed by atoms with van der Waals surface area (Å²) < 4.78 is 30.8. The van der Waals surface area contributed by atoms with Crippen LogP contribution in [-0.2, 0) is 14.8 Å². The lowest BCUT2D eigenvalue weighted by Gasteiger charge is -2.24. The number of hydrogen-bond acceptors (Lipinski definition) is 4. The van der Waals surface area contributed by atoms with Crippen LogP contribution in [0.5, 0.6) is 5.75 Å². The molecule has 0 heterocycles. The van der Waals surface area contributed by atoms with Gasteiger partial charge in [-0.05, 0) is 26.0 Å². The van der Waals surface area contributed by atoms with Gasteiger partial charge >= 0.3 is 5.97 Å². The molecule has 6 nitrogen and oxygen atoms in total. The maximum Gasteiger partial charge on any atom is 0.318 e. The van der Waals surface area contributed by atoms with Gasteiger partial charge in [0.1, 0.15) is 12.3 Å². The number of nitrogens with zero attached hydrogens (tertiary/aromatic N) is 1. The second-order valence-electron chi connectivity index (χ2n) is 4.33. The van der Waals surface area contributed by atoms with Crippen LogP contribution in [0.4, 0.5) is 0 Å². The average Bonchev–Trinajstić information content (AvgIpc) is 2.35. The molecule has 0 bridgehead atoms. The van der Waals surface area contributed by atoms with Crippen LogP contribution in [-0.4, -0.2) is 43.5 Å². The summed E-state index contributed by atoms with van der Waals surface area (Å²) in [6.07, 6.45) is 0. The van der Waals surface area contributed by atoms with Crippen molar-refractivity contribution in [3.05, 3.63) is 23.2 Å². The minimum absolute atomic E-state index is 0.0614. The molecule has 1 N–H and O–H groups in total. The van der Waals surface area contributed by atoms with E-state index in [9.17, 15) is 13.2 Å². The minimum atomic E-state index is -3.93. The Morgan fingerprint density at radius 3 is 2.50 bits per heavy atom. The standard InChI is InChI=1S/C12H16ClNO5S/c1-8(2)14(7-12(15)16)20(17,18)9-4-5-10(13)11(6-9)19-3/h4-6,8H,7H2,1-3H3,(H,15,16). The molecule has 0 aliphatic carbocycles. The second-order valence-corrected chi connectivity index (χ2v) is 6.63. The van der Waals surface area contributed by atoms with Crippen molar-refractivity contribution in [2.24, 2.45) is 0 Å². The third-order valence-corrected chi connectivity index (χ3v) is 4.93. The van der Waals surface area contributed by atoms with Crippen LogP contribution < -0.4 is 4.74 Å². The number of ether oxygens (including phenoxy) is 1. The fourth-order valence-corrected chi connectivity index (χ4v) is 3.41. The van der Waals surface area contributed by atoms with Gasteiger partial charge in [-0.2, -0.15) is 4.31 Å². The summed E-state index contributed by atoms with van der Waals surface area (Å²) in [4.78, 5) is 10.8. The highest BCUT2D eigenvalue weighted by Crippen LogP contribution is 2.29. The number of benzene rings is 1. The van der Waals surface area contributed by atoms with E-state index >= 15 is 0 Å². The summed E-state index contributed by atoms with van der Waals surface area (Å²) in [5.41, 5.74) is 0. The van der Waals surface area contributed by atoms with Gasteiger partial charge in [-0.1, -0.05) is 11.6 Å². The average molecular weight is 322 g/mol. The van der Waals surface area contributed by atoms with Gasteiger partial charge in [-0.3, -0.25) is 4.79 Å². The van der Waals surface area contributed by atoms with Crippen molar-refractivity contribution in [1.29, 1.82) is 0 Å². The first-order valence-electron chi connectivity index (χ1n) is 5.77. The normalized spacial score (nSPS) is 11.9. The molecule has 0 amide bonds. The van der Waals surface area contributed by atoms with Gasteiger partial charge in [0.25, 0.3) is 0 Å². The number of carbonyl (C=O) groups is 1. The molecule has 20 heavy (non-hydrogen) atoms. The number of hydrogen-bond donors (Lipinski definition) is 1. The Morgan fingerprint density at radius 2 is 2.05 bits per heavy atom. The second kappa shape index (κ2) is 6.43. The van der Waals surface area contributed by atoms with E-state index in [2.05, 4.69) is 0 Å². The number of aliphatic carboxylic acids is 1. The first-order chi connectivity index (χ1) is 9.20. The van der Waals surface area contributed by atoms with Gasteiger partial charge in [0.05, 0.1) is 17.0 Å². The molecule has 0 aliphatic rings. The van der Waals surface area contributed by atoms with E-state index in [0.717, 1.165) is 4.31 Å². The zero-order valence-corrected chi connectivity index (χ0v) is 12.9. The Bertz CT molecular complexity index is 600. The highest BCUT2D eigenvalue weighted by Gasteiger charge is 2.29. The molecule has 112 valence electrons. The first-order valence-corrected chi connectivity index (χ1v) is 7.59. The lowest BCUT2D eigenvalue weighted by molar-refractivity contribution is -0.137. The van der Waals surface area contributed by atoms with Gasteiger partial charge in [-0.25, -0.2) is 8.42 Å². The quantitative estimate of drug-likeness (QED) is 0.864. The Labute approximate surface area is 123 Å². The molecule has 0 saturated carbocycles. The predicted molar refractivity (Wildman–Crippen MR) is 74.7 cm³/mol. The molecular weight excluding hydrogens is 306 g/mol. The van der Waals surface area contributed by atoms with Crippen LogP contribution >= 0.6 is 11.6 Å². The lowest BCUT2D eigenvalue weighted by Crippen LogP contribution is -2.40. The maximum absolute atomic E-state index is 12.5. The van der Waals surface area contributed by atoms with Crippen molar-refractivity contribution in [3.8, 4) is 5.75 Å². The molecule has 0 fully saturated rings. The van der Waals surface area contributed by atoms with E-state index in [4.69, 9.17) is 21.4 Å². The van der Waals surface area contributed by atoms with E-state index in [-0.39, 0.29) is 15.7 Å². The van der Waals surface area contributed by atoms with E-state index < -0.39 is 28.6 Å². The summed E-state index contributed by atoms with van der Waals surface area (Å²) in [5.74, 6) is -1.00. The van der Waals surface area contributed by atoms with Crippen molar-refractivity contribution >= 4 is 27.6 Å². The topological polar surface area (TPSA) is 83.9 Å². The molecule has 0 aromatic heterocycles. The first kappa shape index (κ1) is 16.7. The Hall–Kier alpha value is -1.31. The van der Waals surface area contributed by atoms with Gasteiger partial charge < -0.3 is 9.84 Å². The fourth-order valence-electron chi connectivity index (χ4n) is 1.61. The molecule has 0 aliphatic heterocycles. The van der Waals surface area contributed by atoms with E-state index in [1.54, 1.807) is 13.8 Å². The highest BCUT2D eigenvalue weighted by molar-refractivity contribution is 7.89. The fraction of sp³-hybridized carbons (Fsp3) is 0.417. The van der Waals surface area contributed by atoms with Crippen LogP contribution in [0.1, 0.15) is 13.8 Å². The number of rotatable bonds is 6. The number of carboxylic acid groups (broad SMARTS) is 1. The van der Waals surface area contributed by atoms with E-state index in [1.165, 1.54) is 25.3 Å². The van der Waals surface area contributed by atoms with Crippen molar-refractivity contribution in [2.45, 2.75) is 24.8 Å². The van der Waals surface area contributed by atoms with Crippen LogP contribution in [0, 0.1) is 0 Å². The third kappa shape index (κ3) is 3.62. The zero-order chi connectivity index (χ0) is 15.5. The highest BCUT2D eigenvalue weighted by atomic mass is 35.5. The SMILES string of the molecule is COc1cc(S(=O)(=O)N(CC(=O)O)C(C)C)ccc1Cl. The number of methoxy groups -OCH3 is 1. The Kier molecular flexibility index (Phi) is 5.38. The largest absolute Gasteiger partial charge is 0.495 e. The van der Waals surface area contributed by atoms with Crippen molar-refractivity contribution in [3.63, 3.8) is 0 Å². The molecule has 1 rings (SSSR count). The summed E-state index contributed by atoms with van der Waals surface area (Å²) >= 11 is 5.85. The smallest absolute Gasteiger partial charge is 0.318 e. The molecule has 1 aromatic rings. The molecule has 0 atom stereocenters. The molecule has 1 aromatic carbocycles. The summed E-state index contributed by atoms with van der Waals surface area (Å²) in [7, 11) is -2.56. The summed E-state index contributed by atoms with van der Waals surface area (Å²) in [6.45, 7) is 2.60. The monoisotopic (exact) mass is 321 g/mol. The molecular formula is C12H16ClNO5S. The molecule has 8 heteroatoms. The molecule has 0 unspecified atom stereocenters. The molecule has 0 saturated heterocycles. The van der Waals surface area contributed by atoms with E-state index in [0.29, 0.717) is 0 Å². The van der Waals surface area contributed by atoms with Crippen LogP contribution in [0.2, 0.25) is 5.02 Å².